The third kappa shape index (κ3) is 3.17. The maximum atomic E-state index is 13.7. The Morgan fingerprint density at radius 1 is 1.19 bits per heavy atom. The summed E-state index contributed by atoms with van der Waals surface area (Å²) < 4.78 is 15.6. The van der Waals surface area contributed by atoms with Crippen molar-refractivity contribution in [3.8, 4) is 0 Å². The number of aromatic nitrogens is 4. The van der Waals surface area contributed by atoms with Gasteiger partial charge in [-0.1, -0.05) is 12.1 Å². The van der Waals surface area contributed by atoms with E-state index in [2.05, 4.69) is 20.5 Å². The molecule has 1 amide bonds. The molecule has 8 heteroatoms. The minimum atomic E-state index is -0.530. The number of aromatic amines is 1. The number of hydrogen-bond acceptors (Lipinski definition) is 4. The van der Waals surface area contributed by atoms with Gasteiger partial charge in [0.05, 0.1) is 5.52 Å². The lowest BCUT2D eigenvalue weighted by molar-refractivity contribution is 0.0952. The number of hydrogen-bond donors (Lipinski definition) is 2. The first kappa shape index (κ1) is 16.9. The quantitative estimate of drug-likeness (QED) is 0.530. The summed E-state index contributed by atoms with van der Waals surface area (Å²) in [6.45, 7) is 0.376. The number of halogens is 1. The van der Waals surface area contributed by atoms with E-state index in [4.69, 9.17) is 0 Å². The van der Waals surface area contributed by atoms with Crippen LogP contribution in [0.3, 0.4) is 0 Å². The fourth-order valence-electron chi connectivity index (χ4n) is 2.99. The topological polar surface area (TPSA) is 92.2 Å². The fourth-order valence-corrected chi connectivity index (χ4v) is 2.99. The molecule has 136 valence electrons. The number of nitrogens with zero attached hydrogens (tertiary/aromatic N) is 3. The highest BCUT2D eigenvalue weighted by molar-refractivity contribution is 5.97. The number of carbonyl (C=O) groups is 1. The molecule has 0 aliphatic rings. The number of fused-ring (bicyclic) bond motifs is 2. The number of carbonyl (C=O) groups excluding carboxylic acids is 1. The van der Waals surface area contributed by atoms with Crippen molar-refractivity contribution >= 4 is 22.5 Å². The van der Waals surface area contributed by atoms with Gasteiger partial charge in [-0.3, -0.25) is 14.0 Å². The first-order chi connectivity index (χ1) is 13.1. The Balaban J connectivity index is 1.42. The molecule has 7 nitrogen and oxygen atoms in total. The zero-order chi connectivity index (χ0) is 18.8. The number of rotatable bonds is 5. The van der Waals surface area contributed by atoms with E-state index < -0.39 is 17.2 Å². The van der Waals surface area contributed by atoms with Crippen LogP contribution in [0.2, 0.25) is 0 Å². The molecule has 4 rings (SSSR count). The lowest BCUT2D eigenvalue weighted by atomic mass is 10.1. The summed E-state index contributed by atoms with van der Waals surface area (Å²) >= 11 is 0. The molecule has 0 bridgehead atoms. The van der Waals surface area contributed by atoms with Gasteiger partial charge < -0.3 is 10.3 Å². The lowest BCUT2D eigenvalue weighted by Gasteiger charge is -2.06. The molecule has 0 atom stereocenters. The Morgan fingerprint density at radius 2 is 2.07 bits per heavy atom. The van der Waals surface area contributed by atoms with E-state index in [1.807, 2.05) is 28.8 Å². The second-order valence-electron chi connectivity index (χ2n) is 6.10. The second kappa shape index (κ2) is 6.99. The third-order valence-electron chi connectivity index (χ3n) is 4.36. The van der Waals surface area contributed by atoms with Crippen molar-refractivity contribution in [3.05, 3.63) is 76.2 Å². The van der Waals surface area contributed by atoms with E-state index in [0.29, 0.717) is 19.4 Å². The maximum absolute atomic E-state index is 13.7. The number of pyridine rings is 2. The number of aryl methyl sites for hydroxylation is 1. The van der Waals surface area contributed by atoms with Crippen LogP contribution in [0.15, 0.2) is 53.6 Å². The minimum Gasteiger partial charge on any atom is -0.358 e. The first-order valence-electron chi connectivity index (χ1n) is 8.52. The van der Waals surface area contributed by atoms with Crippen LogP contribution < -0.4 is 10.7 Å². The molecule has 0 radical (unpaired) electrons. The van der Waals surface area contributed by atoms with Gasteiger partial charge in [0, 0.05) is 30.7 Å². The fraction of sp³-hybridized carbons (Fsp3) is 0.158. The molecule has 3 aromatic heterocycles. The Bertz CT molecular complexity index is 1200. The summed E-state index contributed by atoms with van der Waals surface area (Å²) in [5.74, 6) is -0.218. The predicted octanol–water partition coefficient (Wildman–Crippen LogP) is 2.07. The molecule has 0 aliphatic heterocycles. The monoisotopic (exact) mass is 365 g/mol. The van der Waals surface area contributed by atoms with Gasteiger partial charge in [-0.25, -0.2) is 4.39 Å². The molecule has 0 aliphatic carbocycles. The molecule has 27 heavy (non-hydrogen) atoms. The van der Waals surface area contributed by atoms with E-state index in [1.54, 1.807) is 0 Å². The Kier molecular flexibility index (Phi) is 4.37. The van der Waals surface area contributed by atoms with E-state index >= 15 is 0 Å². The molecule has 0 saturated carbocycles. The molecule has 0 saturated heterocycles. The smallest absolute Gasteiger partial charge is 0.256 e. The van der Waals surface area contributed by atoms with E-state index in [9.17, 15) is 14.0 Å². The summed E-state index contributed by atoms with van der Waals surface area (Å²) in [6.07, 6.45) is 4.40. The second-order valence-corrected chi connectivity index (χ2v) is 6.10. The number of H-pyrrole nitrogens is 1. The van der Waals surface area contributed by atoms with E-state index in [0.717, 1.165) is 11.5 Å². The average molecular weight is 365 g/mol. The van der Waals surface area contributed by atoms with Crippen LogP contribution >= 0.6 is 0 Å². The van der Waals surface area contributed by atoms with E-state index in [-0.39, 0.29) is 16.5 Å². The molecule has 0 spiro atoms. The van der Waals surface area contributed by atoms with Gasteiger partial charge in [0.25, 0.3) is 5.91 Å². The first-order valence-corrected chi connectivity index (χ1v) is 8.52. The number of amides is 1. The lowest BCUT2D eigenvalue weighted by Crippen LogP contribution is -2.30. The maximum Gasteiger partial charge on any atom is 0.256 e. The third-order valence-corrected chi connectivity index (χ3v) is 4.36. The van der Waals surface area contributed by atoms with Gasteiger partial charge in [-0.15, -0.1) is 10.2 Å². The van der Waals surface area contributed by atoms with Crippen molar-refractivity contribution in [2.45, 2.75) is 12.8 Å². The van der Waals surface area contributed by atoms with Crippen molar-refractivity contribution in [1.29, 1.82) is 0 Å². The Morgan fingerprint density at radius 3 is 2.96 bits per heavy atom. The van der Waals surface area contributed by atoms with Crippen LogP contribution in [0, 0.1) is 5.82 Å². The van der Waals surface area contributed by atoms with Crippen molar-refractivity contribution < 1.29 is 9.18 Å². The molecule has 1 aromatic carbocycles. The van der Waals surface area contributed by atoms with Crippen molar-refractivity contribution in [1.82, 2.24) is 24.9 Å². The Hall–Kier alpha value is -3.55. The van der Waals surface area contributed by atoms with Gasteiger partial charge in [0.2, 0.25) is 5.43 Å². The number of nitrogens with one attached hydrogen (secondary N) is 2. The van der Waals surface area contributed by atoms with Gasteiger partial charge in [-0.05, 0) is 30.7 Å². The highest BCUT2D eigenvalue weighted by Crippen LogP contribution is 2.12. The molecule has 0 fully saturated rings. The van der Waals surface area contributed by atoms with Crippen LogP contribution in [0.1, 0.15) is 22.6 Å². The highest BCUT2D eigenvalue weighted by Gasteiger charge is 2.14. The van der Waals surface area contributed by atoms with Crippen LogP contribution in [-0.4, -0.2) is 32.0 Å². The van der Waals surface area contributed by atoms with Gasteiger partial charge in [-0.2, -0.15) is 0 Å². The van der Waals surface area contributed by atoms with Gasteiger partial charge in [0.1, 0.15) is 17.2 Å². The molecule has 4 aromatic rings. The molecular weight excluding hydrogens is 349 g/mol. The molecule has 3 heterocycles. The summed E-state index contributed by atoms with van der Waals surface area (Å²) in [5, 5.41) is 11.1. The molecular formula is C19H16FN5O2. The number of para-hydroxylation sites is 1. The summed E-state index contributed by atoms with van der Waals surface area (Å²) in [7, 11) is 0. The average Bonchev–Trinajstić information content (AvgIpc) is 3.09. The molecule has 2 N–H and O–H groups in total. The van der Waals surface area contributed by atoms with Crippen LogP contribution in [-0.2, 0) is 6.42 Å². The van der Waals surface area contributed by atoms with Crippen molar-refractivity contribution in [2.75, 3.05) is 6.54 Å². The van der Waals surface area contributed by atoms with Crippen LogP contribution in [0.25, 0.3) is 16.6 Å². The zero-order valence-electron chi connectivity index (χ0n) is 14.3. The predicted molar refractivity (Wildman–Crippen MR) is 98.2 cm³/mol. The minimum absolute atomic E-state index is 0.0407. The van der Waals surface area contributed by atoms with Gasteiger partial charge in [0.15, 0.2) is 5.65 Å². The Labute approximate surface area is 152 Å². The van der Waals surface area contributed by atoms with E-state index in [1.165, 1.54) is 24.4 Å². The van der Waals surface area contributed by atoms with Crippen molar-refractivity contribution in [3.63, 3.8) is 0 Å². The largest absolute Gasteiger partial charge is 0.358 e. The summed E-state index contributed by atoms with van der Waals surface area (Å²) in [6, 6.07) is 9.85. The molecule has 0 unspecified atom stereocenters. The van der Waals surface area contributed by atoms with Crippen molar-refractivity contribution in [2.24, 2.45) is 0 Å². The standard InChI is InChI=1S/C19H16FN5O2/c20-14-6-3-5-12-17(14)22-11-13(18(12)26)19(27)21-9-4-8-16-24-23-15-7-1-2-10-25(15)16/h1-3,5-7,10-11H,4,8-9H2,(H,21,27)(H,22,26). The zero-order valence-corrected chi connectivity index (χ0v) is 14.3. The SMILES string of the molecule is O=C(NCCCc1nnc2ccccn12)c1c[nH]c2c(F)cccc2c1=O. The number of benzene rings is 1. The summed E-state index contributed by atoms with van der Waals surface area (Å²) in [4.78, 5) is 27.4. The van der Waals surface area contributed by atoms with Crippen LogP contribution in [0.4, 0.5) is 4.39 Å². The van der Waals surface area contributed by atoms with Gasteiger partial charge >= 0.3 is 0 Å². The normalized spacial score (nSPS) is 11.1. The highest BCUT2D eigenvalue weighted by atomic mass is 19.1. The summed E-state index contributed by atoms with van der Waals surface area (Å²) in [5.41, 5.74) is 0.328. The van der Waals surface area contributed by atoms with Crippen LogP contribution in [0.5, 0.6) is 0 Å².